The van der Waals surface area contributed by atoms with Crippen LogP contribution in [0.5, 0.6) is 0 Å². The van der Waals surface area contributed by atoms with Crippen LogP contribution in [0.1, 0.15) is 25.5 Å². The SMILES string of the molecule is CCCCc1nccc([P+](c2ccccc2)(c2ccccc2)c2ccccc2)c1F.O=S(=O)([O-])C(F)(F)F. The number of pyridine rings is 1. The number of nitrogens with zero attached hydrogens (tertiary/aromatic N) is 1. The Bertz CT molecular complexity index is 1320. The van der Waals surface area contributed by atoms with Gasteiger partial charge in [-0.15, -0.1) is 0 Å². The molecule has 200 valence electrons. The minimum absolute atomic E-state index is 0.157. The summed E-state index contributed by atoms with van der Waals surface area (Å²) in [4.78, 5) is 4.41. The van der Waals surface area contributed by atoms with Gasteiger partial charge in [0.1, 0.15) is 28.5 Å². The van der Waals surface area contributed by atoms with Crippen LogP contribution < -0.4 is 21.2 Å². The van der Waals surface area contributed by atoms with Crippen LogP contribution in [0.2, 0.25) is 0 Å². The number of aromatic nitrogens is 1. The average molecular weight is 564 g/mol. The lowest BCUT2D eigenvalue weighted by Gasteiger charge is -2.28. The van der Waals surface area contributed by atoms with Crippen molar-refractivity contribution in [1.29, 1.82) is 0 Å². The van der Waals surface area contributed by atoms with E-state index in [0.717, 1.165) is 34.1 Å². The van der Waals surface area contributed by atoms with Gasteiger partial charge >= 0.3 is 5.51 Å². The van der Waals surface area contributed by atoms with Gasteiger partial charge in [0, 0.05) is 12.3 Å². The van der Waals surface area contributed by atoms with Crippen LogP contribution in [0.15, 0.2) is 103 Å². The summed E-state index contributed by atoms with van der Waals surface area (Å²) < 4.78 is 75.0. The molecule has 0 saturated carbocycles. The first-order valence-electron chi connectivity index (χ1n) is 11.8. The van der Waals surface area contributed by atoms with E-state index in [2.05, 4.69) is 48.3 Å². The number of halogens is 4. The van der Waals surface area contributed by atoms with Crippen molar-refractivity contribution in [3.8, 4) is 0 Å². The molecule has 1 heterocycles. The number of hydrogen-bond donors (Lipinski definition) is 0. The summed E-state index contributed by atoms with van der Waals surface area (Å²) >= 11 is 0. The molecular weight excluding hydrogens is 537 g/mol. The number of unbranched alkanes of at least 4 members (excludes halogenated alkanes) is 1. The zero-order chi connectivity index (χ0) is 27.8. The van der Waals surface area contributed by atoms with E-state index in [9.17, 15) is 13.2 Å². The second-order valence-corrected chi connectivity index (χ2v) is 13.0. The van der Waals surface area contributed by atoms with Crippen LogP contribution in [-0.4, -0.2) is 23.5 Å². The lowest BCUT2D eigenvalue weighted by atomic mass is 10.2. The second kappa shape index (κ2) is 12.6. The lowest BCUT2D eigenvalue weighted by molar-refractivity contribution is -0.0517. The quantitative estimate of drug-likeness (QED) is 0.134. The van der Waals surface area contributed by atoms with Gasteiger partial charge in [0.2, 0.25) is 0 Å². The fourth-order valence-corrected chi connectivity index (χ4v) is 8.37. The molecule has 4 nitrogen and oxygen atoms in total. The highest BCUT2D eigenvalue weighted by Gasteiger charge is 2.50. The number of hydrogen-bond acceptors (Lipinski definition) is 4. The molecule has 4 rings (SSSR count). The number of benzene rings is 3. The van der Waals surface area contributed by atoms with Gasteiger partial charge in [-0.1, -0.05) is 67.9 Å². The summed E-state index contributed by atoms with van der Waals surface area (Å²) in [6.07, 6.45) is 4.39. The molecule has 0 aliphatic carbocycles. The van der Waals surface area contributed by atoms with E-state index in [1.807, 2.05) is 60.7 Å². The highest BCUT2D eigenvalue weighted by Crippen LogP contribution is 2.54. The Morgan fingerprint density at radius 2 is 1.18 bits per heavy atom. The largest absolute Gasteiger partial charge is 0.741 e. The molecule has 38 heavy (non-hydrogen) atoms. The van der Waals surface area contributed by atoms with Gasteiger partial charge in [0.05, 0.1) is 5.69 Å². The van der Waals surface area contributed by atoms with Gasteiger partial charge in [-0.3, -0.25) is 4.98 Å². The third kappa shape index (κ3) is 6.46. The Morgan fingerprint density at radius 1 is 0.789 bits per heavy atom. The third-order valence-electron chi connectivity index (χ3n) is 5.78. The van der Waals surface area contributed by atoms with E-state index in [0.29, 0.717) is 12.1 Å². The van der Waals surface area contributed by atoms with Gasteiger partial charge in [-0.2, -0.15) is 13.2 Å². The van der Waals surface area contributed by atoms with Crippen molar-refractivity contribution in [1.82, 2.24) is 4.98 Å². The maximum atomic E-state index is 16.1. The second-order valence-electron chi connectivity index (χ2n) is 8.27. The van der Waals surface area contributed by atoms with E-state index >= 15 is 4.39 Å². The minimum Gasteiger partial charge on any atom is -0.741 e. The molecule has 0 atom stereocenters. The van der Waals surface area contributed by atoms with Crippen LogP contribution in [0, 0.1) is 5.82 Å². The smallest absolute Gasteiger partial charge is 0.485 e. The average Bonchev–Trinajstić information content (AvgIpc) is 2.90. The standard InChI is InChI=1S/C27H26FNP.CHF3O3S/c1-2-3-19-25-27(28)26(20-21-29-25)30(22-13-7-4-8-14-22,23-15-9-5-10-16-23)24-17-11-6-12-18-24;2-1(3,4)8(5,6)7/h4-18,20-21H,2-3,19H2,1H3;(H,5,6,7)/q+1;/p-1. The van der Waals surface area contributed by atoms with Crippen molar-refractivity contribution in [3.63, 3.8) is 0 Å². The zero-order valence-electron chi connectivity index (χ0n) is 20.5. The molecule has 0 spiro atoms. The minimum atomic E-state index is -6.09. The normalized spacial score (nSPS) is 11.9. The summed E-state index contributed by atoms with van der Waals surface area (Å²) in [5.41, 5.74) is -5.07. The monoisotopic (exact) mass is 563 g/mol. The van der Waals surface area contributed by atoms with Crippen molar-refractivity contribution >= 4 is 38.6 Å². The summed E-state index contributed by atoms with van der Waals surface area (Å²) in [6.45, 7) is 2.12. The maximum absolute atomic E-state index is 16.1. The van der Waals surface area contributed by atoms with Gasteiger partial charge in [0.15, 0.2) is 15.9 Å². The van der Waals surface area contributed by atoms with Crippen molar-refractivity contribution in [2.75, 3.05) is 0 Å². The number of aryl methyl sites for hydroxylation is 1. The first kappa shape index (κ1) is 29.4. The van der Waals surface area contributed by atoms with Gasteiger partial charge < -0.3 is 4.55 Å². The van der Waals surface area contributed by atoms with Crippen molar-refractivity contribution in [2.45, 2.75) is 31.7 Å². The van der Waals surface area contributed by atoms with Crippen molar-refractivity contribution < 1.29 is 30.5 Å². The van der Waals surface area contributed by atoms with Crippen LogP contribution in [0.3, 0.4) is 0 Å². The number of alkyl halides is 3. The fourth-order valence-electron chi connectivity index (χ4n) is 4.07. The fraction of sp³-hybridized carbons (Fsp3) is 0.179. The predicted octanol–water partition coefficient (Wildman–Crippen LogP) is 5.23. The third-order valence-corrected chi connectivity index (χ3v) is 10.6. The molecule has 0 bridgehead atoms. The molecule has 10 heteroatoms. The van der Waals surface area contributed by atoms with Crippen LogP contribution in [-0.2, 0) is 16.5 Å². The topological polar surface area (TPSA) is 70.1 Å². The molecule has 3 aromatic carbocycles. The Morgan fingerprint density at radius 3 is 1.53 bits per heavy atom. The van der Waals surface area contributed by atoms with E-state index in [4.69, 9.17) is 13.0 Å². The molecule has 0 saturated heterocycles. The van der Waals surface area contributed by atoms with E-state index in [1.54, 1.807) is 6.20 Å². The molecule has 0 radical (unpaired) electrons. The van der Waals surface area contributed by atoms with Crippen LogP contribution in [0.25, 0.3) is 0 Å². The predicted molar refractivity (Wildman–Crippen MR) is 143 cm³/mol. The molecule has 1 aromatic heterocycles. The summed E-state index contributed by atoms with van der Waals surface area (Å²) in [5, 5.41) is 4.20. The maximum Gasteiger partial charge on any atom is 0.485 e. The first-order chi connectivity index (χ1) is 18.0. The molecule has 0 amide bonds. The van der Waals surface area contributed by atoms with Crippen LogP contribution >= 0.6 is 7.26 Å². The van der Waals surface area contributed by atoms with Gasteiger partial charge in [0.25, 0.3) is 0 Å². The summed E-state index contributed by atoms with van der Waals surface area (Å²) in [5.74, 6) is -0.157. The summed E-state index contributed by atoms with van der Waals surface area (Å²) in [7, 11) is -8.51. The first-order valence-corrected chi connectivity index (χ1v) is 14.9. The number of rotatable bonds is 7. The molecule has 0 fully saturated rings. The molecule has 0 aliphatic rings. The Labute approximate surface area is 220 Å². The lowest BCUT2D eigenvalue weighted by Crippen LogP contribution is -2.40. The van der Waals surface area contributed by atoms with Crippen LogP contribution in [0.4, 0.5) is 17.6 Å². The van der Waals surface area contributed by atoms with Gasteiger partial charge in [-0.05, 0) is 49.2 Å². The summed E-state index contributed by atoms with van der Waals surface area (Å²) in [6, 6.07) is 33.1. The highest BCUT2D eigenvalue weighted by atomic mass is 32.2. The Kier molecular flexibility index (Phi) is 9.77. The molecule has 0 aliphatic heterocycles. The molecule has 4 aromatic rings. The molecule has 0 unspecified atom stereocenters. The highest BCUT2D eigenvalue weighted by molar-refractivity contribution is 8.01. The zero-order valence-corrected chi connectivity index (χ0v) is 22.2. The van der Waals surface area contributed by atoms with E-state index in [1.165, 1.54) is 0 Å². The molecular formula is C28H26F4NO3PS. The molecule has 0 N–H and O–H groups in total. The van der Waals surface area contributed by atoms with E-state index < -0.39 is 22.9 Å². The Balaban J connectivity index is 0.000000436. The van der Waals surface area contributed by atoms with Crippen molar-refractivity contribution in [2.24, 2.45) is 0 Å². The van der Waals surface area contributed by atoms with Crippen molar-refractivity contribution in [3.05, 3.63) is 115 Å². The van der Waals surface area contributed by atoms with Gasteiger partial charge in [-0.25, -0.2) is 12.8 Å². The Hall–Kier alpha value is -3.13. The van der Waals surface area contributed by atoms with E-state index in [-0.39, 0.29) is 5.82 Å².